The van der Waals surface area contributed by atoms with Crippen LogP contribution in [0.5, 0.6) is 0 Å². The quantitative estimate of drug-likeness (QED) is 0.487. The zero-order chi connectivity index (χ0) is 19.0. The first kappa shape index (κ1) is 20.4. The van der Waals surface area contributed by atoms with Crippen molar-refractivity contribution in [2.75, 3.05) is 20.2 Å². The van der Waals surface area contributed by atoms with E-state index in [1.807, 2.05) is 24.4 Å². The van der Waals surface area contributed by atoms with E-state index in [9.17, 15) is 9.50 Å². The molecule has 0 radical (unpaired) electrons. The highest BCUT2D eigenvalue weighted by atomic mass is 32.1. The summed E-state index contributed by atoms with van der Waals surface area (Å²) in [4.78, 5) is 5.41. The number of benzene rings is 1. The minimum Gasteiger partial charge on any atom is -0.383 e. The molecular formula is C19H26FN3O2S. The van der Waals surface area contributed by atoms with Crippen LogP contribution >= 0.6 is 11.3 Å². The predicted molar refractivity (Wildman–Crippen MR) is 104 cm³/mol. The number of aliphatic hydroxyl groups is 1. The fourth-order valence-corrected chi connectivity index (χ4v) is 3.22. The molecule has 2 rings (SSSR count). The molecule has 0 fully saturated rings. The zero-order valence-corrected chi connectivity index (χ0v) is 16.2. The summed E-state index contributed by atoms with van der Waals surface area (Å²) in [6.45, 7) is 5.40. The topological polar surface area (TPSA) is 65.9 Å². The lowest BCUT2D eigenvalue weighted by molar-refractivity contribution is 0.0655. The second kappa shape index (κ2) is 9.66. The molecule has 2 aromatic rings. The third-order valence-corrected chi connectivity index (χ3v) is 4.95. The van der Waals surface area contributed by atoms with Crippen molar-refractivity contribution in [3.05, 3.63) is 57.5 Å². The number of rotatable bonds is 8. The largest absolute Gasteiger partial charge is 0.383 e. The van der Waals surface area contributed by atoms with Gasteiger partial charge in [0, 0.05) is 24.1 Å². The van der Waals surface area contributed by atoms with Crippen molar-refractivity contribution in [1.29, 1.82) is 0 Å². The summed E-state index contributed by atoms with van der Waals surface area (Å²) in [5, 5.41) is 18.9. The molecule has 142 valence electrons. The zero-order valence-electron chi connectivity index (χ0n) is 15.4. The van der Waals surface area contributed by atoms with Gasteiger partial charge in [-0.2, -0.15) is 0 Å². The second-order valence-corrected chi connectivity index (χ2v) is 7.11. The molecule has 1 atom stereocenters. The van der Waals surface area contributed by atoms with E-state index in [0.29, 0.717) is 31.2 Å². The number of thiophene rings is 1. The van der Waals surface area contributed by atoms with Gasteiger partial charge in [-0.25, -0.2) is 9.38 Å². The van der Waals surface area contributed by atoms with E-state index >= 15 is 0 Å². The Bertz CT molecular complexity index is 718. The molecule has 0 saturated carbocycles. The maximum Gasteiger partial charge on any atom is 0.191 e. The first-order chi connectivity index (χ1) is 12.5. The van der Waals surface area contributed by atoms with Crippen LogP contribution in [-0.4, -0.2) is 31.3 Å². The molecule has 1 aromatic heterocycles. The Balaban J connectivity index is 2.03. The molecule has 0 aliphatic heterocycles. The van der Waals surface area contributed by atoms with Gasteiger partial charge in [-0.3, -0.25) is 0 Å². The van der Waals surface area contributed by atoms with Crippen molar-refractivity contribution >= 4 is 17.3 Å². The van der Waals surface area contributed by atoms with E-state index in [4.69, 9.17) is 4.74 Å². The first-order valence-corrected chi connectivity index (χ1v) is 9.39. The lowest BCUT2D eigenvalue weighted by Gasteiger charge is -2.23. The van der Waals surface area contributed by atoms with Crippen LogP contribution in [0.1, 0.15) is 29.9 Å². The number of hydrogen-bond donors (Lipinski definition) is 3. The van der Waals surface area contributed by atoms with Crippen LogP contribution < -0.4 is 10.6 Å². The van der Waals surface area contributed by atoms with Crippen molar-refractivity contribution in [2.45, 2.75) is 32.6 Å². The van der Waals surface area contributed by atoms with Crippen molar-refractivity contribution in [2.24, 2.45) is 4.99 Å². The van der Waals surface area contributed by atoms with E-state index in [-0.39, 0.29) is 12.4 Å². The Morgan fingerprint density at radius 3 is 2.81 bits per heavy atom. The molecule has 0 bridgehead atoms. The lowest BCUT2D eigenvalue weighted by atomic mass is 10.1. The Hall–Kier alpha value is -1.96. The molecule has 1 unspecified atom stereocenters. The van der Waals surface area contributed by atoms with Gasteiger partial charge in [0.15, 0.2) is 5.96 Å². The normalized spacial score (nSPS) is 14.1. The summed E-state index contributed by atoms with van der Waals surface area (Å²) in [7, 11) is 1.54. The Kier molecular flexibility index (Phi) is 7.56. The highest BCUT2D eigenvalue weighted by molar-refractivity contribution is 7.10. The highest BCUT2D eigenvalue weighted by Gasteiger charge is 2.24. The van der Waals surface area contributed by atoms with Gasteiger partial charge in [0.05, 0.1) is 19.7 Å². The molecule has 5 nitrogen and oxygen atoms in total. The fraction of sp³-hybridized carbons (Fsp3) is 0.421. The van der Waals surface area contributed by atoms with Gasteiger partial charge in [0.25, 0.3) is 0 Å². The van der Waals surface area contributed by atoms with Crippen LogP contribution in [0.3, 0.4) is 0 Å². The maximum absolute atomic E-state index is 13.7. The van der Waals surface area contributed by atoms with Gasteiger partial charge in [-0.15, -0.1) is 11.3 Å². The predicted octanol–water partition coefficient (Wildman–Crippen LogP) is 3.00. The number of methoxy groups -OCH3 is 1. The smallest absolute Gasteiger partial charge is 0.191 e. The summed E-state index contributed by atoms with van der Waals surface area (Å²) < 4.78 is 18.7. The number of aliphatic imine (C=N–C) groups is 1. The Labute approximate surface area is 157 Å². The minimum atomic E-state index is -0.980. The van der Waals surface area contributed by atoms with E-state index < -0.39 is 5.60 Å². The summed E-state index contributed by atoms with van der Waals surface area (Å²) in [6.07, 6.45) is 0. The molecule has 1 aromatic carbocycles. The summed E-state index contributed by atoms with van der Waals surface area (Å²) >= 11 is 1.52. The van der Waals surface area contributed by atoms with E-state index in [1.54, 1.807) is 19.1 Å². The van der Waals surface area contributed by atoms with Crippen molar-refractivity contribution in [3.63, 3.8) is 0 Å². The molecule has 1 heterocycles. The van der Waals surface area contributed by atoms with E-state index in [0.717, 1.165) is 10.4 Å². The molecule has 0 saturated heterocycles. The molecule has 0 aliphatic carbocycles. The summed E-state index contributed by atoms with van der Waals surface area (Å²) in [6, 6.07) is 8.73. The summed E-state index contributed by atoms with van der Waals surface area (Å²) in [5.41, 5.74) is 0.422. The van der Waals surface area contributed by atoms with Gasteiger partial charge < -0.3 is 20.5 Å². The number of nitrogens with one attached hydrogen (secondary N) is 2. The number of halogens is 1. The molecule has 0 aliphatic rings. The number of ether oxygens (including phenoxy) is 1. The van der Waals surface area contributed by atoms with Gasteiger partial charge in [0.2, 0.25) is 0 Å². The van der Waals surface area contributed by atoms with E-state index in [2.05, 4.69) is 15.6 Å². The number of hydrogen-bond acceptors (Lipinski definition) is 4. The van der Waals surface area contributed by atoms with Crippen LogP contribution in [0.15, 0.2) is 40.7 Å². The van der Waals surface area contributed by atoms with Crippen LogP contribution in [-0.2, 0) is 23.5 Å². The van der Waals surface area contributed by atoms with Crippen molar-refractivity contribution in [3.8, 4) is 0 Å². The molecular weight excluding hydrogens is 353 g/mol. The van der Waals surface area contributed by atoms with Crippen LogP contribution in [0.25, 0.3) is 0 Å². The SMILES string of the molecule is CCNC(=NCc1ccc(F)c(COC)c1)NCC(C)(O)c1cccs1. The van der Waals surface area contributed by atoms with Crippen LogP contribution in [0, 0.1) is 5.82 Å². The highest BCUT2D eigenvalue weighted by Crippen LogP contribution is 2.24. The third-order valence-electron chi connectivity index (χ3n) is 3.83. The number of guanidine groups is 1. The number of nitrogens with zero attached hydrogens (tertiary/aromatic N) is 1. The minimum absolute atomic E-state index is 0.228. The van der Waals surface area contributed by atoms with Gasteiger partial charge in [-0.05, 0) is 43.0 Å². The van der Waals surface area contributed by atoms with Gasteiger partial charge in [0.1, 0.15) is 11.4 Å². The first-order valence-electron chi connectivity index (χ1n) is 8.51. The molecule has 0 spiro atoms. The van der Waals surface area contributed by atoms with Crippen molar-refractivity contribution in [1.82, 2.24) is 10.6 Å². The average Bonchev–Trinajstić information content (AvgIpc) is 3.16. The van der Waals surface area contributed by atoms with E-state index in [1.165, 1.54) is 24.5 Å². The Morgan fingerprint density at radius 2 is 2.15 bits per heavy atom. The fourth-order valence-electron chi connectivity index (χ4n) is 2.43. The lowest BCUT2D eigenvalue weighted by Crippen LogP contribution is -2.44. The second-order valence-electron chi connectivity index (χ2n) is 6.16. The summed E-state index contributed by atoms with van der Waals surface area (Å²) in [5.74, 6) is 0.318. The monoisotopic (exact) mass is 379 g/mol. The van der Waals surface area contributed by atoms with Crippen molar-refractivity contribution < 1.29 is 14.2 Å². The maximum atomic E-state index is 13.7. The van der Waals surface area contributed by atoms with Crippen LogP contribution in [0.2, 0.25) is 0 Å². The molecule has 7 heteroatoms. The molecule has 3 N–H and O–H groups in total. The standard InChI is InChI=1S/C19H26FN3O2S/c1-4-21-18(23-13-19(2,24)17-6-5-9-26-17)22-11-14-7-8-16(20)15(10-14)12-25-3/h5-10,24H,4,11-13H2,1-3H3,(H2,21,22,23). The third kappa shape index (κ3) is 5.79. The van der Waals surface area contributed by atoms with Gasteiger partial charge >= 0.3 is 0 Å². The van der Waals surface area contributed by atoms with Gasteiger partial charge in [-0.1, -0.05) is 12.1 Å². The van der Waals surface area contributed by atoms with Crippen LogP contribution in [0.4, 0.5) is 4.39 Å². The average molecular weight is 380 g/mol. The Morgan fingerprint density at radius 1 is 1.35 bits per heavy atom. The molecule has 0 amide bonds. The molecule has 26 heavy (non-hydrogen) atoms.